The number of nitro groups is 2. The highest BCUT2D eigenvalue weighted by Gasteiger charge is 2.26. The largest absolute Gasteiger partial charge is 1.00 e. The van der Waals surface area contributed by atoms with Crippen molar-refractivity contribution >= 4 is 28.4 Å². The normalized spacial score (nSPS) is 9.54. The number of rotatable bonds is 4. The Labute approximate surface area is 169 Å². The highest BCUT2D eigenvalue weighted by Crippen LogP contribution is 2.25. The fourth-order valence-corrected chi connectivity index (χ4v) is 2.31. The van der Waals surface area contributed by atoms with Crippen LogP contribution in [0.5, 0.6) is 0 Å². The van der Waals surface area contributed by atoms with Crippen molar-refractivity contribution in [1.29, 1.82) is 0 Å². The minimum absolute atomic E-state index is 0. The molecule has 0 radical (unpaired) electrons. The maximum absolute atomic E-state index is 11.2. The number of hydrogen-bond acceptors (Lipinski definition) is 5. The highest BCUT2D eigenvalue weighted by atomic mass is 79.9. The molecule has 0 bridgehead atoms. The molecule has 10 heteroatoms. The van der Waals surface area contributed by atoms with E-state index in [9.17, 15) is 20.2 Å². The summed E-state index contributed by atoms with van der Waals surface area (Å²) in [5.74, 6) is 0. The number of halogens is 2. The molecule has 3 rings (SSSR count). The second kappa shape index (κ2) is 9.11. The SMILES string of the molecule is Br.O=[N+]([O-])c1ccc(-[n+]2ccc(-c3ccncc3)cc2)c([N+](=O)[O-])c1.[Br-]. The van der Waals surface area contributed by atoms with Crippen molar-refractivity contribution in [3.05, 3.63) is 87.5 Å². The number of non-ortho nitro benzene ring substituents is 1. The third kappa shape index (κ3) is 4.46. The Morgan fingerprint density at radius 1 is 0.846 bits per heavy atom. The van der Waals surface area contributed by atoms with E-state index in [0.717, 1.165) is 17.2 Å². The van der Waals surface area contributed by atoms with Crippen LogP contribution in [0, 0.1) is 20.2 Å². The standard InChI is InChI=1S/C16H11N4O4.2BrH/c21-19(22)14-1-2-15(16(11-14)20(23)24)18-9-5-13(6-10-18)12-3-7-17-8-4-12;;/h1-11H;2*1H/q+1;;/p-1. The van der Waals surface area contributed by atoms with E-state index in [-0.39, 0.29) is 51.0 Å². The smallest absolute Gasteiger partial charge is 0.347 e. The first-order valence-corrected chi connectivity index (χ1v) is 6.91. The van der Waals surface area contributed by atoms with Crippen LogP contribution in [-0.2, 0) is 0 Å². The van der Waals surface area contributed by atoms with Crippen LogP contribution in [0.25, 0.3) is 16.8 Å². The van der Waals surface area contributed by atoms with Gasteiger partial charge < -0.3 is 17.0 Å². The molecule has 0 saturated heterocycles. The number of aromatic nitrogens is 2. The molecule has 0 fully saturated rings. The van der Waals surface area contributed by atoms with Gasteiger partial charge in [-0.25, -0.2) is 0 Å². The van der Waals surface area contributed by atoms with Crippen molar-refractivity contribution in [3.8, 4) is 16.8 Å². The fourth-order valence-electron chi connectivity index (χ4n) is 2.31. The molecule has 3 aromatic rings. The van der Waals surface area contributed by atoms with Crippen molar-refractivity contribution in [2.24, 2.45) is 0 Å². The lowest BCUT2D eigenvalue weighted by Gasteiger charge is -2.01. The molecule has 134 valence electrons. The Bertz CT molecular complexity index is 921. The van der Waals surface area contributed by atoms with Gasteiger partial charge in [-0.05, 0) is 23.3 Å². The van der Waals surface area contributed by atoms with E-state index in [1.165, 1.54) is 12.1 Å². The molecule has 1 aromatic carbocycles. The molecule has 0 saturated carbocycles. The van der Waals surface area contributed by atoms with Gasteiger partial charge in [-0.15, -0.1) is 17.0 Å². The number of nitro benzene ring substituents is 2. The van der Waals surface area contributed by atoms with Crippen LogP contribution >= 0.6 is 17.0 Å². The van der Waals surface area contributed by atoms with E-state index >= 15 is 0 Å². The Morgan fingerprint density at radius 3 is 1.96 bits per heavy atom. The van der Waals surface area contributed by atoms with Gasteiger partial charge in [0.05, 0.1) is 9.85 Å². The van der Waals surface area contributed by atoms with E-state index in [0.29, 0.717) is 0 Å². The third-order valence-electron chi connectivity index (χ3n) is 3.49. The van der Waals surface area contributed by atoms with Crippen molar-refractivity contribution in [3.63, 3.8) is 0 Å². The predicted molar refractivity (Wildman–Crippen MR) is 94.8 cm³/mol. The van der Waals surface area contributed by atoms with Crippen molar-refractivity contribution in [2.75, 3.05) is 0 Å². The Balaban J connectivity index is 0.00000169. The lowest BCUT2D eigenvalue weighted by Crippen LogP contribution is -3.00. The van der Waals surface area contributed by atoms with Crippen LogP contribution in [-0.4, -0.2) is 14.8 Å². The maximum atomic E-state index is 11.2. The van der Waals surface area contributed by atoms with Crippen LogP contribution < -0.4 is 21.5 Å². The van der Waals surface area contributed by atoms with E-state index in [1.54, 1.807) is 41.5 Å². The molecule has 0 spiro atoms. The van der Waals surface area contributed by atoms with Gasteiger partial charge in [0.25, 0.3) is 11.4 Å². The minimum atomic E-state index is -0.659. The van der Waals surface area contributed by atoms with Crippen LogP contribution in [0.3, 0.4) is 0 Å². The lowest BCUT2D eigenvalue weighted by molar-refractivity contribution is -0.600. The fraction of sp³-hybridized carbons (Fsp3) is 0. The number of nitrogens with zero attached hydrogens (tertiary/aromatic N) is 4. The molecule has 0 amide bonds. The van der Waals surface area contributed by atoms with E-state index < -0.39 is 9.85 Å². The monoisotopic (exact) mass is 482 g/mol. The lowest BCUT2D eigenvalue weighted by atomic mass is 10.1. The van der Waals surface area contributed by atoms with Crippen LogP contribution in [0.15, 0.2) is 67.3 Å². The number of benzene rings is 1. The molecule has 8 nitrogen and oxygen atoms in total. The van der Waals surface area contributed by atoms with Gasteiger partial charge in [0.1, 0.15) is 6.07 Å². The van der Waals surface area contributed by atoms with Crippen LogP contribution in [0.4, 0.5) is 11.4 Å². The summed E-state index contributed by atoms with van der Waals surface area (Å²) in [7, 11) is 0. The second-order valence-electron chi connectivity index (χ2n) is 4.92. The van der Waals surface area contributed by atoms with Gasteiger partial charge in [0, 0.05) is 36.7 Å². The zero-order valence-corrected chi connectivity index (χ0v) is 16.4. The topological polar surface area (TPSA) is 103 Å². The molecule has 0 atom stereocenters. The summed E-state index contributed by atoms with van der Waals surface area (Å²) in [5.41, 5.74) is 1.51. The molecule has 0 unspecified atom stereocenters. The maximum Gasteiger partial charge on any atom is 0.347 e. The summed E-state index contributed by atoms with van der Waals surface area (Å²) in [4.78, 5) is 24.7. The van der Waals surface area contributed by atoms with Gasteiger partial charge in [0.15, 0.2) is 12.4 Å². The van der Waals surface area contributed by atoms with Crippen LogP contribution in [0.1, 0.15) is 0 Å². The molecular weight excluding hydrogens is 472 g/mol. The highest BCUT2D eigenvalue weighted by molar-refractivity contribution is 8.93. The van der Waals surface area contributed by atoms with Crippen LogP contribution in [0.2, 0.25) is 0 Å². The Kier molecular flexibility index (Phi) is 7.47. The molecule has 0 N–H and O–H groups in total. The predicted octanol–water partition coefficient (Wildman–Crippen LogP) is 0.424. The van der Waals surface area contributed by atoms with Gasteiger partial charge in [-0.3, -0.25) is 25.2 Å². The molecule has 0 aliphatic rings. The molecule has 0 aliphatic carbocycles. The molecule has 2 heterocycles. The summed E-state index contributed by atoms with van der Waals surface area (Å²) in [5, 5.41) is 22.0. The van der Waals surface area contributed by atoms with Crippen molar-refractivity contribution in [1.82, 2.24) is 4.98 Å². The van der Waals surface area contributed by atoms with Gasteiger partial charge >= 0.3 is 5.69 Å². The van der Waals surface area contributed by atoms with E-state index in [4.69, 9.17) is 0 Å². The summed E-state index contributed by atoms with van der Waals surface area (Å²) in [6, 6.07) is 10.9. The quantitative estimate of drug-likeness (QED) is 0.304. The van der Waals surface area contributed by atoms with E-state index in [1.807, 2.05) is 12.1 Å². The summed E-state index contributed by atoms with van der Waals surface area (Å²) < 4.78 is 1.55. The van der Waals surface area contributed by atoms with E-state index in [2.05, 4.69) is 4.98 Å². The van der Waals surface area contributed by atoms with Gasteiger partial charge in [0.2, 0.25) is 0 Å². The molecule has 0 aliphatic heterocycles. The summed E-state index contributed by atoms with van der Waals surface area (Å²) in [6.07, 6.45) is 6.70. The first-order chi connectivity index (χ1) is 11.6. The first-order valence-electron chi connectivity index (χ1n) is 6.91. The zero-order chi connectivity index (χ0) is 17.1. The third-order valence-corrected chi connectivity index (χ3v) is 3.49. The average molecular weight is 484 g/mol. The summed E-state index contributed by atoms with van der Waals surface area (Å²) in [6.45, 7) is 0. The van der Waals surface area contributed by atoms with Gasteiger partial charge in [-0.2, -0.15) is 4.57 Å². The number of pyridine rings is 2. The Morgan fingerprint density at radius 2 is 1.42 bits per heavy atom. The van der Waals surface area contributed by atoms with Crippen molar-refractivity contribution in [2.45, 2.75) is 0 Å². The first kappa shape index (κ1) is 21.3. The molecule has 26 heavy (non-hydrogen) atoms. The minimum Gasteiger partial charge on any atom is -1.00 e. The second-order valence-corrected chi connectivity index (χ2v) is 4.92. The van der Waals surface area contributed by atoms with Crippen molar-refractivity contribution < 1.29 is 31.4 Å². The van der Waals surface area contributed by atoms with Gasteiger partial charge in [-0.1, -0.05) is 0 Å². The molecular formula is C16H12Br2N4O4. The zero-order valence-electron chi connectivity index (χ0n) is 13.1. The molecule has 2 aromatic heterocycles. The summed E-state index contributed by atoms with van der Waals surface area (Å²) >= 11 is 0. The average Bonchev–Trinajstić information content (AvgIpc) is 2.62. The Hall–Kier alpha value is -2.72. The number of hydrogen-bond donors (Lipinski definition) is 0.